The maximum Gasteiger partial charge on any atom is 0.326 e. The first-order valence-corrected chi connectivity index (χ1v) is 5.20. The van der Waals surface area contributed by atoms with Crippen LogP contribution in [-0.4, -0.2) is 15.0 Å². The summed E-state index contributed by atoms with van der Waals surface area (Å²) in [5.74, 6) is 0. The predicted octanol–water partition coefficient (Wildman–Crippen LogP) is 0.730. The number of hydrogen-bond acceptors (Lipinski definition) is 3. The van der Waals surface area contributed by atoms with Crippen molar-refractivity contribution in [3.63, 3.8) is 0 Å². The molecule has 0 radical (unpaired) electrons. The number of H-pyrrole nitrogens is 2. The average Bonchev–Trinajstić information content (AvgIpc) is 2.24. The Bertz CT molecular complexity index is 588. The molecule has 0 saturated carbocycles. The smallest absolute Gasteiger partial charge is 0.304 e. The van der Waals surface area contributed by atoms with Crippen molar-refractivity contribution in [3.05, 3.63) is 48.8 Å². The molecule has 0 fully saturated rings. The number of halogens is 1. The fraction of sp³-hybridized carbons (Fsp3) is 0. The lowest BCUT2D eigenvalue weighted by Gasteiger charge is -2.01. The number of aromatic amines is 2. The molecule has 5 nitrogen and oxygen atoms in total. The van der Waals surface area contributed by atoms with E-state index in [1.807, 2.05) is 22.6 Å². The highest BCUT2D eigenvalue weighted by atomic mass is 127. The van der Waals surface area contributed by atoms with E-state index in [9.17, 15) is 9.59 Å². The van der Waals surface area contributed by atoms with Crippen LogP contribution in [0.3, 0.4) is 0 Å². The molecule has 15 heavy (non-hydrogen) atoms. The third kappa shape index (κ3) is 1.99. The SMILES string of the molecule is O=c1[nH]c(-c2ccccn2)c(I)c(=O)[nH]1. The van der Waals surface area contributed by atoms with Gasteiger partial charge in [-0.15, -0.1) is 0 Å². The van der Waals surface area contributed by atoms with Gasteiger partial charge in [-0.2, -0.15) is 0 Å². The Morgan fingerprint density at radius 3 is 2.67 bits per heavy atom. The molecule has 0 aliphatic heterocycles. The minimum atomic E-state index is -0.527. The van der Waals surface area contributed by atoms with Crippen LogP contribution in [0.15, 0.2) is 34.0 Å². The summed E-state index contributed by atoms with van der Waals surface area (Å²) < 4.78 is 0.422. The molecule has 0 atom stereocenters. The lowest BCUT2D eigenvalue weighted by Crippen LogP contribution is -2.25. The topological polar surface area (TPSA) is 78.6 Å². The largest absolute Gasteiger partial charge is 0.326 e. The van der Waals surface area contributed by atoms with Gasteiger partial charge in [-0.25, -0.2) is 4.79 Å². The van der Waals surface area contributed by atoms with Crippen molar-refractivity contribution in [2.45, 2.75) is 0 Å². The van der Waals surface area contributed by atoms with Crippen molar-refractivity contribution in [2.75, 3.05) is 0 Å². The Morgan fingerprint density at radius 2 is 2.00 bits per heavy atom. The molecule has 2 rings (SSSR count). The summed E-state index contributed by atoms with van der Waals surface area (Å²) >= 11 is 1.87. The Labute approximate surface area is 97.7 Å². The third-order valence-corrected chi connectivity index (χ3v) is 2.83. The second-order valence-corrected chi connectivity index (χ2v) is 3.89. The normalized spacial score (nSPS) is 10.2. The zero-order valence-electron chi connectivity index (χ0n) is 7.45. The zero-order valence-corrected chi connectivity index (χ0v) is 9.61. The van der Waals surface area contributed by atoms with E-state index < -0.39 is 11.2 Å². The van der Waals surface area contributed by atoms with Crippen molar-refractivity contribution in [1.82, 2.24) is 15.0 Å². The van der Waals surface area contributed by atoms with E-state index in [1.54, 1.807) is 24.4 Å². The van der Waals surface area contributed by atoms with Crippen LogP contribution < -0.4 is 11.2 Å². The van der Waals surface area contributed by atoms with E-state index in [0.29, 0.717) is 15.0 Å². The van der Waals surface area contributed by atoms with Crippen molar-refractivity contribution in [3.8, 4) is 11.4 Å². The van der Waals surface area contributed by atoms with Crippen molar-refractivity contribution < 1.29 is 0 Å². The summed E-state index contributed by atoms with van der Waals surface area (Å²) in [6.45, 7) is 0. The molecule has 0 amide bonds. The summed E-state index contributed by atoms with van der Waals surface area (Å²) in [5.41, 5.74) is 0.0936. The van der Waals surface area contributed by atoms with Gasteiger partial charge in [0.25, 0.3) is 5.56 Å². The molecular weight excluding hydrogens is 309 g/mol. The van der Waals surface area contributed by atoms with Crippen LogP contribution in [0, 0.1) is 3.57 Å². The van der Waals surface area contributed by atoms with Crippen LogP contribution in [0.5, 0.6) is 0 Å². The first-order valence-electron chi connectivity index (χ1n) is 4.12. The molecule has 0 saturated heterocycles. The summed E-state index contributed by atoms with van der Waals surface area (Å²) in [6.07, 6.45) is 1.60. The minimum absolute atomic E-state index is 0.403. The third-order valence-electron chi connectivity index (χ3n) is 1.81. The molecule has 2 aromatic rings. The van der Waals surface area contributed by atoms with Gasteiger partial charge < -0.3 is 4.98 Å². The molecule has 2 heterocycles. The highest BCUT2D eigenvalue weighted by Crippen LogP contribution is 2.15. The predicted molar refractivity (Wildman–Crippen MR) is 63.6 cm³/mol. The van der Waals surface area contributed by atoms with Gasteiger partial charge in [0, 0.05) is 6.20 Å². The maximum atomic E-state index is 11.3. The summed E-state index contributed by atoms with van der Waals surface area (Å²) in [4.78, 5) is 31.2. The first-order chi connectivity index (χ1) is 7.18. The van der Waals surface area contributed by atoms with E-state index in [2.05, 4.69) is 15.0 Å². The van der Waals surface area contributed by atoms with E-state index in [1.165, 1.54) is 0 Å². The molecule has 0 aliphatic rings. The molecular formula is C9H6IN3O2. The Hall–Kier alpha value is -1.44. The zero-order chi connectivity index (χ0) is 10.8. The van der Waals surface area contributed by atoms with Gasteiger partial charge in [-0.3, -0.25) is 14.8 Å². The highest BCUT2D eigenvalue weighted by molar-refractivity contribution is 14.1. The van der Waals surface area contributed by atoms with Crippen molar-refractivity contribution >= 4 is 22.6 Å². The standard InChI is InChI=1S/C9H6IN3O2/c10-6-7(5-3-1-2-4-11-5)12-9(15)13-8(6)14/h1-4H,(H2,12,13,14,15). The van der Waals surface area contributed by atoms with Crippen LogP contribution in [0.25, 0.3) is 11.4 Å². The van der Waals surface area contributed by atoms with Crippen LogP contribution in [0.4, 0.5) is 0 Å². The first kappa shape index (κ1) is 10.1. The Balaban J connectivity index is 2.74. The molecule has 0 spiro atoms. The maximum absolute atomic E-state index is 11.3. The number of nitrogens with zero attached hydrogens (tertiary/aromatic N) is 1. The fourth-order valence-corrected chi connectivity index (χ4v) is 1.70. The molecule has 0 bridgehead atoms. The van der Waals surface area contributed by atoms with Gasteiger partial charge in [-0.05, 0) is 34.7 Å². The fourth-order valence-electron chi connectivity index (χ4n) is 1.16. The van der Waals surface area contributed by atoms with E-state index in [4.69, 9.17) is 0 Å². The minimum Gasteiger partial charge on any atom is -0.304 e. The van der Waals surface area contributed by atoms with E-state index in [0.717, 1.165) is 0 Å². The van der Waals surface area contributed by atoms with Crippen molar-refractivity contribution in [1.29, 1.82) is 0 Å². The number of aromatic nitrogens is 3. The quantitative estimate of drug-likeness (QED) is 0.762. The number of pyridine rings is 1. The average molecular weight is 315 g/mol. The van der Waals surface area contributed by atoms with Gasteiger partial charge in [-0.1, -0.05) is 6.07 Å². The van der Waals surface area contributed by atoms with Gasteiger partial charge >= 0.3 is 5.69 Å². The molecule has 6 heteroatoms. The summed E-state index contributed by atoms with van der Waals surface area (Å²) in [6, 6.07) is 5.28. The van der Waals surface area contributed by atoms with Gasteiger partial charge in [0.15, 0.2) is 0 Å². The van der Waals surface area contributed by atoms with E-state index in [-0.39, 0.29) is 0 Å². The second-order valence-electron chi connectivity index (χ2n) is 2.81. The molecule has 0 aromatic carbocycles. The van der Waals surface area contributed by atoms with Crippen LogP contribution in [0.1, 0.15) is 0 Å². The van der Waals surface area contributed by atoms with Crippen LogP contribution in [-0.2, 0) is 0 Å². The van der Waals surface area contributed by atoms with E-state index >= 15 is 0 Å². The number of nitrogens with one attached hydrogen (secondary N) is 2. The summed E-state index contributed by atoms with van der Waals surface area (Å²) in [7, 11) is 0. The Kier molecular flexibility index (Phi) is 2.67. The highest BCUT2D eigenvalue weighted by Gasteiger charge is 2.08. The lowest BCUT2D eigenvalue weighted by molar-refractivity contribution is 1.02. The number of rotatable bonds is 1. The molecule has 76 valence electrons. The second kappa shape index (κ2) is 3.97. The lowest BCUT2D eigenvalue weighted by atomic mass is 10.2. The molecule has 2 aromatic heterocycles. The molecule has 2 N–H and O–H groups in total. The van der Waals surface area contributed by atoms with Gasteiger partial charge in [0.05, 0.1) is 11.4 Å². The van der Waals surface area contributed by atoms with Gasteiger partial charge in [0.2, 0.25) is 0 Å². The van der Waals surface area contributed by atoms with Crippen molar-refractivity contribution in [2.24, 2.45) is 0 Å². The van der Waals surface area contributed by atoms with Gasteiger partial charge in [0.1, 0.15) is 3.57 Å². The Morgan fingerprint density at radius 1 is 1.20 bits per heavy atom. The molecule has 0 unspecified atom stereocenters. The van der Waals surface area contributed by atoms with Crippen LogP contribution in [0.2, 0.25) is 0 Å². The monoisotopic (exact) mass is 315 g/mol. The summed E-state index contributed by atoms with van der Waals surface area (Å²) in [5, 5.41) is 0. The number of hydrogen-bond donors (Lipinski definition) is 2. The molecule has 0 aliphatic carbocycles. The van der Waals surface area contributed by atoms with Crippen LogP contribution >= 0.6 is 22.6 Å².